The Balaban J connectivity index is 2.22. The van der Waals surface area contributed by atoms with Crippen molar-refractivity contribution in [2.24, 2.45) is 0 Å². The first kappa shape index (κ1) is 17.4. The van der Waals surface area contributed by atoms with Gasteiger partial charge < -0.3 is 5.32 Å². The molecule has 4 nitrogen and oxygen atoms in total. The Bertz CT molecular complexity index is 835. The van der Waals surface area contributed by atoms with E-state index in [0.29, 0.717) is 0 Å². The Hall–Kier alpha value is -1.92. The van der Waals surface area contributed by atoms with Crippen molar-refractivity contribution in [3.05, 3.63) is 64.4 Å². The van der Waals surface area contributed by atoms with Gasteiger partial charge in [0.1, 0.15) is 5.82 Å². The van der Waals surface area contributed by atoms with Crippen LogP contribution in [0.5, 0.6) is 0 Å². The van der Waals surface area contributed by atoms with Crippen LogP contribution in [-0.2, 0) is 9.84 Å². The van der Waals surface area contributed by atoms with Crippen LogP contribution in [0.1, 0.15) is 28.9 Å². The Labute approximate surface area is 139 Å². The lowest BCUT2D eigenvalue weighted by Crippen LogP contribution is -2.26. The van der Waals surface area contributed by atoms with E-state index in [4.69, 9.17) is 11.6 Å². The SMILES string of the molecule is CC(NC(=O)c1ccc(Cl)c(S(C)(=O)=O)c1)c1ccc(F)cc1. The zero-order valence-electron chi connectivity index (χ0n) is 12.5. The highest BCUT2D eigenvalue weighted by Crippen LogP contribution is 2.23. The number of halogens is 2. The van der Waals surface area contributed by atoms with Crippen LogP contribution in [0.4, 0.5) is 4.39 Å². The number of benzene rings is 2. The third-order valence-corrected chi connectivity index (χ3v) is 4.89. The highest BCUT2D eigenvalue weighted by molar-refractivity contribution is 7.90. The summed E-state index contributed by atoms with van der Waals surface area (Å²) in [6, 6.07) is 9.46. The number of hydrogen-bond donors (Lipinski definition) is 1. The average molecular weight is 356 g/mol. The molecule has 0 aliphatic rings. The second kappa shape index (κ2) is 6.68. The van der Waals surface area contributed by atoms with E-state index in [1.807, 2.05) is 0 Å². The topological polar surface area (TPSA) is 63.2 Å². The lowest BCUT2D eigenvalue weighted by molar-refractivity contribution is 0.0939. The maximum absolute atomic E-state index is 12.9. The van der Waals surface area contributed by atoms with Crippen molar-refractivity contribution in [3.63, 3.8) is 0 Å². The van der Waals surface area contributed by atoms with E-state index >= 15 is 0 Å². The molecule has 0 radical (unpaired) electrons. The molecular weight excluding hydrogens is 341 g/mol. The molecule has 1 atom stereocenters. The van der Waals surface area contributed by atoms with Crippen molar-refractivity contribution in [1.82, 2.24) is 5.32 Å². The second-order valence-corrected chi connectivity index (χ2v) is 7.56. The number of hydrogen-bond acceptors (Lipinski definition) is 3. The van der Waals surface area contributed by atoms with Gasteiger partial charge in [0.05, 0.1) is 16.0 Å². The van der Waals surface area contributed by atoms with Gasteiger partial charge in [0.2, 0.25) is 0 Å². The zero-order chi connectivity index (χ0) is 17.2. The summed E-state index contributed by atoms with van der Waals surface area (Å²) < 4.78 is 36.2. The van der Waals surface area contributed by atoms with E-state index in [0.717, 1.165) is 11.8 Å². The average Bonchev–Trinajstić information content (AvgIpc) is 2.47. The normalized spacial score (nSPS) is 12.7. The van der Waals surface area contributed by atoms with E-state index in [2.05, 4.69) is 5.32 Å². The largest absolute Gasteiger partial charge is 0.346 e. The fraction of sp³-hybridized carbons (Fsp3) is 0.188. The third-order valence-electron chi connectivity index (χ3n) is 3.31. The Morgan fingerprint density at radius 2 is 1.78 bits per heavy atom. The summed E-state index contributed by atoms with van der Waals surface area (Å²) in [5, 5.41) is 2.80. The van der Waals surface area contributed by atoms with Gasteiger partial charge in [-0.25, -0.2) is 12.8 Å². The number of rotatable bonds is 4. The summed E-state index contributed by atoms with van der Waals surface area (Å²) in [6.07, 6.45) is 1.02. The summed E-state index contributed by atoms with van der Waals surface area (Å²) in [5.74, 6) is -0.800. The van der Waals surface area contributed by atoms with Crippen LogP contribution in [0.15, 0.2) is 47.4 Å². The molecule has 122 valence electrons. The van der Waals surface area contributed by atoms with Crippen LogP contribution >= 0.6 is 11.6 Å². The van der Waals surface area contributed by atoms with Gasteiger partial charge in [-0.05, 0) is 42.8 Å². The zero-order valence-corrected chi connectivity index (χ0v) is 14.1. The van der Waals surface area contributed by atoms with E-state index in [1.165, 1.54) is 30.3 Å². The van der Waals surface area contributed by atoms with E-state index < -0.39 is 15.7 Å². The fourth-order valence-electron chi connectivity index (χ4n) is 2.04. The summed E-state index contributed by atoms with van der Waals surface area (Å²) >= 11 is 5.86. The molecule has 0 aliphatic heterocycles. The maximum atomic E-state index is 12.9. The van der Waals surface area contributed by atoms with Gasteiger partial charge in [0, 0.05) is 11.8 Å². The molecule has 0 saturated carbocycles. The van der Waals surface area contributed by atoms with Crippen molar-refractivity contribution in [2.75, 3.05) is 6.26 Å². The summed E-state index contributed by atoms with van der Waals surface area (Å²) in [4.78, 5) is 12.2. The summed E-state index contributed by atoms with van der Waals surface area (Å²) in [6.45, 7) is 1.75. The Morgan fingerprint density at radius 3 is 2.35 bits per heavy atom. The first-order valence-electron chi connectivity index (χ1n) is 6.74. The molecule has 0 saturated heterocycles. The maximum Gasteiger partial charge on any atom is 0.251 e. The van der Waals surface area contributed by atoms with E-state index in [-0.39, 0.29) is 27.3 Å². The standard InChI is InChI=1S/C16H15ClFNO3S/c1-10(11-3-6-13(18)7-4-11)19-16(20)12-5-8-14(17)15(9-12)23(2,21)22/h3-10H,1-2H3,(H,19,20). The molecule has 1 amide bonds. The summed E-state index contributed by atoms with van der Waals surface area (Å²) in [7, 11) is -3.53. The van der Waals surface area contributed by atoms with Crippen LogP contribution in [0, 0.1) is 5.82 Å². The van der Waals surface area contributed by atoms with Gasteiger partial charge in [-0.15, -0.1) is 0 Å². The van der Waals surface area contributed by atoms with Crippen molar-refractivity contribution in [3.8, 4) is 0 Å². The number of amides is 1. The predicted octanol–water partition coefficient (Wildman–Crippen LogP) is 3.37. The number of carbonyl (C=O) groups is 1. The summed E-state index contributed by atoms with van der Waals surface area (Å²) in [5.41, 5.74) is 0.917. The molecule has 0 fully saturated rings. The van der Waals surface area contributed by atoms with Gasteiger partial charge in [-0.2, -0.15) is 0 Å². The quantitative estimate of drug-likeness (QED) is 0.914. The smallest absolute Gasteiger partial charge is 0.251 e. The molecule has 0 bridgehead atoms. The molecule has 23 heavy (non-hydrogen) atoms. The molecule has 2 rings (SSSR count). The molecule has 1 N–H and O–H groups in total. The number of carbonyl (C=O) groups excluding carboxylic acids is 1. The molecule has 0 aromatic heterocycles. The minimum absolute atomic E-state index is 0.0654. The first-order valence-corrected chi connectivity index (χ1v) is 9.01. The van der Waals surface area contributed by atoms with Crippen LogP contribution < -0.4 is 5.32 Å². The minimum atomic E-state index is -3.53. The van der Waals surface area contributed by atoms with Crippen molar-refractivity contribution in [2.45, 2.75) is 17.9 Å². The van der Waals surface area contributed by atoms with Crippen LogP contribution in [-0.4, -0.2) is 20.6 Å². The van der Waals surface area contributed by atoms with Crippen molar-refractivity contribution < 1.29 is 17.6 Å². The second-order valence-electron chi connectivity index (χ2n) is 5.16. The van der Waals surface area contributed by atoms with Gasteiger partial charge in [0.25, 0.3) is 5.91 Å². The molecule has 2 aromatic rings. The van der Waals surface area contributed by atoms with Gasteiger partial charge in [-0.3, -0.25) is 4.79 Å². The van der Waals surface area contributed by atoms with Crippen molar-refractivity contribution >= 4 is 27.3 Å². The van der Waals surface area contributed by atoms with Crippen LogP contribution in [0.3, 0.4) is 0 Å². The highest BCUT2D eigenvalue weighted by Gasteiger charge is 2.17. The van der Waals surface area contributed by atoms with E-state index in [9.17, 15) is 17.6 Å². The molecular formula is C16H15ClFNO3S. The molecule has 0 aliphatic carbocycles. The first-order chi connectivity index (χ1) is 10.7. The van der Waals surface area contributed by atoms with Gasteiger partial charge in [0.15, 0.2) is 9.84 Å². The Kier molecular flexibility index (Phi) is 5.06. The van der Waals surface area contributed by atoms with Crippen LogP contribution in [0.25, 0.3) is 0 Å². The minimum Gasteiger partial charge on any atom is -0.346 e. The molecule has 0 spiro atoms. The molecule has 0 heterocycles. The molecule has 7 heteroatoms. The predicted molar refractivity (Wildman–Crippen MR) is 86.8 cm³/mol. The number of sulfone groups is 1. The molecule has 1 unspecified atom stereocenters. The Morgan fingerprint density at radius 1 is 1.17 bits per heavy atom. The number of nitrogens with one attached hydrogen (secondary N) is 1. The van der Waals surface area contributed by atoms with E-state index in [1.54, 1.807) is 19.1 Å². The van der Waals surface area contributed by atoms with Crippen molar-refractivity contribution in [1.29, 1.82) is 0 Å². The lowest BCUT2D eigenvalue weighted by atomic mass is 10.1. The van der Waals surface area contributed by atoms with Gasteiger partial charge >= 0.3 is 0 Å². The monoisotopic (exact) mass is 355 g/mol. The van der Waals surface area contributed by atoms with Gasteiger partial charge in [-0.1, -0.05) is 23.7 Å². The third kappa shape index (κ3) is 4.30. The lowest BCUT2D eigenvalue weighted by Gasteiger charge is -2.15. The van der Waals surface area contributed by atoms with Crippen LogP contribution in [0.2, 0.25) is 5.02 Å². The molecule has 2 aromatic carbocycles. The fourth-order valence-corrected chi connectivity index (χ4v) is 3.34. The highest BCUT2D eigenvalue weighted by atomic mass is 35.5.